The molecule has 174 valence electrons. The second kappa shape index (κ2) is 10.3. The van der Waals surface area contributed by atoms with Gasteiger partial charge in [0, 0.05) is 31.9 Å². The van der Waals surface area contributed by atoms with Gasteiger partial charge < -0.3 is 15.0 Å². The predicted octanol–water partition coefficient (Wildman–Crippen LogP) is 2.69. The number of benzene rings is 2. The molecule has 2 heterocycles. The van der Waals surface area contributed by atoms with E-state index >= 15 is 0 Å². The summed E-state index contributed by atoms with van der Waals surface area (Å²) in [5.41, 5.74) is 1.54. The van der Waals surface area contributed by atoms with E-state index in [0.29, 0.717) is 50.6 Å². The number of carbonyl (C=O) groups excluding carboxylic acids is 1. The Hall–Kier alpha value is -2.93. The Bertz CT molecular complexity index is 1120. The molecule has 9 heteroatoms. The van der Waals surface area contributed by atoms with Crippen molar-refractivity contribution in [1.29, 1.82) is 5.26 Å². The Balaban J connectivity index is 1.69. The number of amides is 1. The quantitative estimate of drug-likeness (QED) is 0.699. The van der Waals surface area contributed by atoms with Crippen molar-refractivity contribution in [3.63, 3.8) is 0 Å². The minimum atomic E-state index is -3.71. The highest BCUT2D eigenvalue weighted by Gasteiger charge is 2.29. The summed E-state index contributed by atoms with van der Waals surface area (Å²) < 4.78 is 33.4. The van der Waals surface area contributed by atoms with Gasteiger partial charge in [-0.05, 0) is 36.6 Å². The number of anilines is 1. The Morgan fingerprint density at radius 3 is 2.36 bits per heavy atom. The van der Waals surface area contributed by atoms with E-state index in [1.807, 2.05) is 11.0 Å². The summed E-state index contributed by atoms with van der Waals surface area (Å²) >= 11 is 0. The van der Waals surface area contributed by atoms with E-state index < -0.39 is 22.0 Å². The van der Waals surface area contributed by atoms with Gasteiger partial charge in [0.2, 0.25) is 10.0 Å². The van der Waals surface area contributed by atoms with Crippen LogP contribution in [0.5, 0.6) is 0 Å². The summed E-state index contributed by atoms with van der Waals surface area (Å²) in [7, 11) is -3.71. The predicted molar refractivity (Wildman–Crippen MR) is 124 cm³/mol. The second-order valence-electron chi connectivity index (χ2n) is 8.19. The lowest BCUT2D eigenvalue weighted by Gasteiger charge is -2.31. The lowest BCUT2D eigenvalue weighted by Crippen LogP contribution is -2.39. The minimum Gasteiger partial charge on any atom is -0.378 e. The van der Waals surface area contributed by atoms with Gasteiger partial charge in [-0.2, -0.15) is 9.57 Å². The van der Waals surface area contributed by atoms with Crippen molar-refractivity contribution >= 4 is 21.6 Å². The highest BCUT2D eigenvalue weighted by atomic mass is 32.2. The zero-order valence-corrected chi connectivity index (χ0v) is 19.3. The smallest absolute Gasteiger partial charge is 0.254 e. The number of hydrogen-bond donors (Lipinski definition) is 1. The summed E-state index contributed by atoms with van der Waals surface area (Å²) in [4.78, 5) is 15.5. The van der Waals surface area contributed by atoms with Crippen molar-refractivity contribution in [2.24, 2.45) is 0 Å². The summed E-state index contributed by atoms with van der Waals surface area (Å²) in [5, 5.41) is 12.4. The molecule has 0 aliphatic carbocycles. The number of ether oxygens (including phenoxy) is 1. The molecule has 33 heavy (non-hydrogen) atoms. The average molecular weight is 469 g/mol. The van der Waals surface area contributed by atoms with E-state index in [4.69, 9.17) is 4.74 Å². The number of nitriles is 1. The fourth-order valence-corrected chi connectivity index (χ4v) is 5.78. The number of nitrogens with zero attached hydrogens (tertiary/aromatic N) is 3. The molecular weight excluding hydrogens is 440 g/mol. The van der Waals surface area contributed by atoms with Crippen LogP contribution in [0.25, 0.3) is 0 Å². The van der Waals surface area contributed by atoms with Crippen LogP contribution in [0.1, 0.15) is 41.2 Å². The fraction of sp³-hybridized carbons (Fsp3) is 0.417. The maximum absolute atomic E-state index is 13.4. The Labute approximate surface area is 194 Å². The largest absolute Gasteiger partial charge is 0.378 e. The van der Waals surface area contributed by atoms with Crippen LogP contribution in [0.15, 0.2) is 53.4 Å². The molecule has 2 aromatic carbocycles. The SMILES string of the molecule is N#CC(NC(=O)c1cc(S(=O)(=O)N2CCCCC2)ccc1N1CCOCC1)c1ccccc1. The molecule has 0 bridgehead atoms. The number of nitrogens with one attached hydrogen (secondary N) is 1. The third kappa shape index (κ3) is 5.19. The summed E-state index contributed by atoms with van der Waals surface area (Å²) in [6.07, 6.45) is 2.68. The first-order valence-electron chi connectivity index (χ1n) is 11.2. The molecule has 4 rings (SSSR count). The standard InChI is InChI=1S/C24H28N4O4S/c25-18-22(19-7-3-1-4-8-19)26-24(29)21-17-20(33(30,31)28-11-5-2-6-12-28)9-10-23(21)27-13-15-32-16-14-27/h1,3-4,7-10,17,22H,2,5-6,11-16H2,(H,26,29). The number of carbonyl (C=O) groups is 1. The van der Waals surface area contributed by atoms with E-state index in [9.17, 15) is 18.5 Å². The number of piperidine rings is 1. The molecule has 2 aliphatic rings. The molecule has 0 radical (unpaired) electrons. The van der Waals surface area contributed by atoms with Crippen LogP contribution >= 0.6 is 0 Å². The van der Waals surface area contributed by atoms with Crippen LogP contribution < -0.4 is 10.2 Å². The molecule has 0 saturated carbocycles. The van der Waals surface area contributed by atoms with Crippen molar-refractivity contribution in [3.8, 4) is 6.07 Å². The molecule has 1 N–H and O–H groups in total. The highest BCUT2D eigenvalue weighted by Crippen LogP contribution is 2.28. The van der Waals surface area contributed by atoms with Crippen molar-refractivity contribution in [2.75, 3.05) is 44.3 Å². The molecule has 0 aromatic heterocycles. The van der Waals surface area contributed by atoms with Gasteiger partial charge >= 0.3 is 0 Å². The lowest BCUT2D eigenvalue weighted by atomic mass is 10.1. The molecule has 1 atom stereocenters. The fourth-order valence-electron chi connectivity index (χ4n) is 4.24. The van der Waals surface area contributed by atoms with Crippen LogP contribution in [-0.2, 0) is 14.8 Å². The van der Waals surface area contributed by atoms with Gasteiger partial charge in [-0.15, -0.1) is 0 Å². The van der Waals surface area contributed by atoms with E-state index in [2.05, 4.69) is 11.4 Å². The van der Waals surface area contributed by atoms with E-state index in [1.54, 1.807) is 36.4 Å². The Kier molecular flexibility index (Phi) is 7.28. The van der Waals surface area contributed by atoms with E-state index in [0.717, 1.165) is 19.3 Å². The Morgan fingerprint density at radius 1 is 1.00 bits per heavy atom. The van der Waals surface area contributed by atoms with Gasteiger partial charge in [0.1, 0.15) is 6.04 Å². The van der Waals surface area contributed by atoms with Crippen LogP contribution in [0.4, 0.5) is 5.69 Å². The molecule has 2 saturated heterocycles. The number of rotatable bonds is 6. The van der Waals surface area contributed by atoms with Gasteiger partial charge in [0.05, 0.1) is 29.7 Å². The van der Waals surface area contributed by atoms with Gasteiger partial charge in [-0.3, -0.25) is 4.79 Å². The normalized spacial score (nSPS) is 18.3. The first kappa shape index (κ1) is 23.2. The Morgan fingerprint density at radius 2 is 1.70 bits per heavy atom. The van der Waals surface area contributed by atoms with Crippen molar-refractivity contribution < 1.29 is 17.9 Å². The molecule has 2 aromatic rings. The molecule has 8 nitrogen and oxygen atoms in total. The van der Waals surface area contributed by atoms with Crippen molar-refractivity contribution in [3.05, 3.63) is 59.7 Å². The first-order valence-corrected chi connectivity index (χ1v) is 12.7. The van der Waals surface area contributed by atoms with E-state index in [-0.39, 0.29) is 10.5 Å². The van der Waals surface area contributed by atoms with Gasteiger partial charge in [-0.1, -0.05) is 36.8 Å². The first-order chi connectivity index (χ1) is 16.0. The number of morpholine rings is 1. The number of sulfonamides is 1. The van der Waals surface area contributed by atoms with Crippen molar-refractivity contribution in [1.82, 2.24) is 9.62 Å². The van der Waals surface area contributed by atoms with Crippen LogP contribution in [0.2, 0.25) is 0 Å². The number of hydrogen-bond acceptors (Lipinski definition) is 6. The third-order valence-corrected chi connectivity index (χ3v) is 7.95. The molecule has 1 amide bonds. The molecule has 0 spiro atoms. The molecule has 2 fully saturated rings. The molecular formula is C24H28N4O4S. The molecule has 2 aliphatic heterocycles. The highest BCUT2D eigenvalue weighted by molar-refractivity contribution is 7.89. The monoisotopic (exact) mass is 468 g/mol. The average Bonchev–Trinajstić information content (AvgIpc) is 2.88. The second-order valence-corrected chi connectivity index (χ2v) is 10.1. The topological polar surface area (TPSA) is 103 Å². The van der Waals surface area contributed by atoms with Gasteiger partial charge in [-0.25, -0.2) is 8.42 Å². The summed E-state index contributed by atoms with van der Waals surface area (Å²) in [6, 6.07) is 15.0. The van der Waals surface area contributed by atoms with Gasteiger partial charge in [0.15, 0.2) is 0 Å². The minimum absolute atomic E-state index is 0.0970. The maximum Gasteiger partial charge on any atom is 0.254 e. The summed E-state index contributed by atoms with van der Waals surface area (Å²) in [6.45, 7) is 3.22. The zero-order valence-electron chi connectivity index (χ0n) is 18.4. The maximum atomic E-state index is 13.4. The third-order valence-electron chi connectivity index (χ3n) is 6.05. The molecule has 1 unspecified atom stereocenters. The van der Waals surface area contributed by atoms with E-state index in [1.165, 1.54) is 10.4 Å². The van der Waals surface area contributed by atoms with Gasteiger partial charge in [0.25, 0.3) is 5.91 Å². The van der Waals surface area contributed by atoms with Crippen LogP contribution in [-0.4, -0.2) is 58.0 Å². The van der Waals surface area contributed by atoms with Crippen LogP contribution in [0.3, 0.4) is 0 Å². The lowest BCUT2D eigenvalue weighted by molar-refractivity contribution is 0.0943. The van der Waals surface area contributed by atoms with Crippen LogP contribution in [0, 0.1) is 11.3 Å². The summed E-state index contributed by atoms with van der Waals surface area (Å²) in [5.74, 6) is -0.484. The van der Waals surface area contributed by atoms with Crippen molar-refractivity contribution in [2.45, 2.75) is 30.2 Å². The zero-order chi connectivity index (χ0) is 23.3.